The summed E-state index contributed by atoms with van der Waals surface area (Å²) < 4.78 is 14.6. The number of fused-ring (bicyclic) bond motifs is 2. The number of piperazine rings is 1. The first kappa shape index (κ1) is 23.0. The highest BCUT2D eigenvalue weighted by atomic mass is 19.1. The first-order chi connectivity index (χ1) is 18.0. The number of amides is 1. The molecule has 6 rings (SSSR count). The number of aliphatic hydroxyl groups excluding tert-OH is 1. The summed E-state index contributed by atoms with van der Waals surface area (Å²) in [7, 11) is 0. The molecule has 12 nitrogen and oxygen atoms in total. The van der Waals surface area contributed by atoms with Crippen molar-refractivity contribution in [1.29, 1.82) is 0 Å². The van der Waals surface area contributed by atoms with Crippen molar-refractivity contribution in [1.82, 2.24) is 39.8 Å². The van der Waals surface area contributed by atoms with Crippen LogP contribution in [0.25, 0.3) is 5.82 Å². The van der Waals surface area contributed by atoms with Crippen molar-refractivity contribution in [2.24, 2.45) is 0 Å². The molecule has 4 aromatic rings. The number of hydrogen-bond donors (Lipinski definition) is 3. The average molecular weight is 505 g/mol. The Hall–Kier alpha value is -4.39. The Morgan fingerprint density at radius 2 is 1.97 bits per heavy atom. The summed E-state index contributed by atoms with van der Waals surface area (Å²) in [5, 5.41) is 23.9. The van der Waals surface area contributed by atoms with Gasteiger partial charge in [-0.2, -0.15) is 15.2 Å². The Labute approximate surface area is 211 Å². The number of hydrogen-bond acceptors (Lipinski definition) is 9. The quantitative estimate of drug-likeness (QED) is 0.359. The first-order valence-electron chi connectivity index (χ1n) is 12.0. The van der Waals surface area contributed by atoms with Gasteiger partial charge in [0.1, 0.15) is 5.82 Å². The Balaban J connectivity index is 1.19. The molecule has 4 aromatic heterocycles. The van der Waals surface area contributed by atoms with Gasteiger partial charge >= 0.3 is 0 Å². The molecule has 2 saturated heterocycles. The summed E-state index contributed by atoms with van der Waals surface area (Å²) in [6.45, 7) is 2.85. The molecule has 0 radical (unpaired) electrons. The minimum Gasteiger partial charge on any atom is -0.390 e. The number of aromatic amines is 1. The summed E-state index contributed by atoms with van der Waals surface area (Å²) in [4.78, 5) is 30.9. The molecule has 2 bridgehead atoms. The monoisotopic (exact) mass is 504 g/mol. The van der Waals surface area contributed by atoms with Gasteiger partial charge in [-0.05, 0) is 31.9 Å². The van der Waals surface area contributed by atoms with Crippen molar-refractivity contribution in [3.63, 3.8) is 0 Å². The number of aryl methyl sites for hydroxylation is 1. The SMILES string of the molecule is Cc1cc(Nc2cc(CO)nc(N3CC4CCC(C3)N4C(=O)c3ccc(-n4cc(F)cn4)nc3)n2)n[nH]1. The van der Waals surface area contributed by atoms with Crippen molar-refractivity contribution in [2.75, 3.05) is 23.3 Å². The highest BCUT2D eigenvalue weighted by Crippen LogP contribution is 2.33. The van der Waals surface area contributed by atoms with Gasteiger partial charge in [-0.1, -0.05) is 0 Å². The number of H-pyrrole nitrogens is 1. The number of rotatable bonds is 6. The van der Waals surface area contributed by atoms with Gasteiger partial charge in [0.15, 0.2) is 17.5 Å². The van der Waals surface area contributed by atoms with Crippen molar-refractivity contribution in [3.8, 4) is 5.82 Å². The molecule has 6 heterocycles. The van der Waals surface area contributed by atoms with Crippen LogP contribution in [0, 0.1) is 12.7 Å². The van der Waals surface area contributed by atoms with E-state index in [9.17, 15) is 14.3 Å². The molecule has 3 N–H and O–H groups in total. The summed E-state index contributed by atoms with van der Waals surface area (Å²) in [6.07, 6.45) is 5.60. The van der Waals surface area contributed by atoms with Crippen LogP contribution in [0.15, 0.2) is 42.9 Å². The normalized spacial score (nSPS) is 18.9. The molecule has 2 aliphatic rings. The van der Waals surface area contributed by atoms with E-state index in [1.54, 1.807) is 18.2 Å². The molecular formula is C24H25FN10O2. The molecule has 1 amide bonds. The molecule has 37 heavy (non-hydrogen) atoms. The number of anilines is 3. The smallest absolute Gasteiger partial charge is 0.256 e. The topological polar surface area (TPSA) is 141 Å². The second-order valence-corrected chi connectivity index (χ2v) is 9.27. The van der Waals surface area contributed by atoms with Crippen LogP contribution >= 0.6 is 0 Å². The summed E-state index contributed by atoms with van der Waals surface area (Å²) in [6, 6.07) is 6.89. The van der Waals surface area contributed by atoms with E-state index in [0.29, 0.717) is 47.7 Å². The van der Waals surface area contributed by atoms with E-state index in [1.165, 1.54) is 17.1 Å². The molecule has 0 aromatic carbocycles. The zero-order valence-electron chi connectivity index (χ0n) is 20.0. The predicted molar refractivity (Wildman–Crippen MR) is 131 cm³/mol. The molecule has 13 heteroatoms. The van der Waals surface area contributed by atoms with E-state index in [2.05, 4.69) is 40.5 Å². The van der Waals surface area contributed by atoms with Gasteiger partial charge in [-0.15, -0.1) is 0 Å². The number of aromatic nitrogens is 7. The Kier molecular flexibility index (Phi) is 5.75. The predicted octanol–water partition coefficient (Wildman–Crippen LogP) is 1.96. The standard InChI is InChI=1S/C24H25FN10O2/c1-14-6-21(32-31-14)29-20-7-17(13-36)28-24(30-20)33-11-18-3-4-19(12-33)35(18)23(37)15-2-5-22(26-8-15)34-10-16(25)9-27-34/h2,5-10,18-19,36H,3-4,11-13H2,1H3,(H2,28,29,30,31,32). The van der Waals surface area contributed by atoms with Crippen LogP contribution in [0.1, 0.15) is 34.6 Å². The van der Waals surface area contributed by atoms with Crippen molar-refractivity contribution in [2.45, 2.75) is 38.5 Å². The van der Waals surface area contributed by atoms with E-state index in [4.69, 9.17) is 0 Å². The Morgan fingerprint density at radius 3 is 2.59 bits per heavy atom. The molecule has 0 aliphatic carbocycles. The zero-order valence-corrected chi connectivity index (χ0v) is 20.0. The third-order valence-electron chi connectivity index (χ3n) is 6.67. The van der Waals surface area contributed by atoms with Crippen LogP contribution in [0.4, 0.5) is 22.0 Å². The summed E-state index contributed by atoms with van der Waals surface area (Å²) >= 11 is 0. The number of carbonyl (C=O) groups excluding carboxylic acids is 1. The number of aliphatic hydroxyl groups is 1. The number of halogens is 1. The lowest BCUT2D eigenvalue weighted by Crippen LogP contribution is -2.56. The van der Waals surface area contributed by atoms with Gasteiger partial charge in [0, 0.05) is 37.1 Å². The van der Waals surface area contributed by atoms with Crippen LogP contribution in [0.2, 0.25) is 0 Å². The lowest BCUT2D eigenvalue weighted by molar-refractivity contribution is 0.0640. The van der Waals surface area contributed by atoms with E-state index in [0.717, 1.165) is 24.7 Å². The van der Waals surface area contributed by atoms with Crippen molar-refractivity contribution >= 4 is 23.5 Å². The highest BCUT2D eigenvalue weighted by molar-refractivity contribution is 5.95. The van der Waals surface area contributed by atoms with Crippen LogP contribution in [0.5, 0.6) is 0 Å². The van der Waals surface area contributed by atoms with Gasteiger partial charge in [-0.25, -0.2) is 19.0 Å². The number of carbonyl (C=O) groups is 1. The third kappa shape index (κ3) is 4.48. The molecule has 2 aliphatic heterocycles. The third-order valence-corrected chi connectivity index (χ3v) is 6.67. The molecule has 0 spiro atoms. The summed E-state index contributed by atoms with van der Waals surface area (Å²) in [5.41, 5.74) is 1.88. The molecule has 0 saturated carbocycles. The van der Waals surface area contributed by atoms with Gasteiger partial charge in [0.05, 0.1) is 42.3 Å². The maximum atomic E-state index is 13.4. The fourth-order valence-corrected chi connectivity index (χ4v) is 5.00. The number of pyridine rings is 1. The number of nitrogens with one attached hydrogen (secondary N) is 2. The van der Waals surface area contributed by atoms with Gasteiger partial charge in [0.2, 0.25) is 5.95 Å². The summed E-state index contributed by atoms with van der Waals surface area (Å²) in [5.74, 6) is 1.56. The van der Waals surface area contributed by atoms with Crippen LogP contribution in [-0.2, 0) is 6.61 Å². The van der Waals surface area contributed by atoms with Crippen LogP contribution < -0.4 is 10.2 Å². The number of nitrogens with zero attached hydrogens (tertiary/aromatic N) is 8. The van der Waals surface area contributed by atoms with Crippen LogP contribution in [0.3, 0.4) is 0 Å². The van der Waals surface area contributed by atoms with Crippen molar-refractivity contribution < 1.29 is 14.3 Å². The molecule has 2 fully saturated rings. The van der Waals surface area contributed by atoms with E-state index in [1.807, 2.05) is 17.9 Å². The molecular weight excluding hydrogens is 479 g/mol. The minimum atomic E-state index is -0.455. The zero-order chi connectivity index (χ0) is 25.5. The average Bonchev–Trinajstić information content (AvgIpc) is 3.60. The van der Waals surface area contributed by atoms with Gasteiger partial charge in [-0.3, -0.25) is 9.89 Å². The van der Waals surface area contributed by atoms with E-state index < -0.39 is 5.82 Å². The highest BCUT2D eigenvalue weighted by Gasteiger charge is 2.43. The van der Waals surface area contributed by atoms with Gasteiger partial charge < -0.3 is 20.2 Å². The lowest BCUT2D eigenvalue weighted by Gasteiger charge is -2.41. The second-order valence-electron chi connectivity index (χ2n) is 9.27. The fourth-order valence-electron chi connectivity index (χ4n) is 5.00. The Bertz CT molecular complexity index is 1420. The lowest BCUT2D eigenvalue weighted by atomic mass is 10.1. The molecule has 2 unspecified atom stereocenters. The largest absolute Gasteiger partial charge is 0.390 e. The second kappa shape index (κ2) is 9.24. The maximum Gasteiger partial charge on any atom is 0.256 e. The van der Waals surface area contributed by atoms with E-state index in [-0.39, 0.29) is 24.6 Å². The van der Waals surface area contributed by atoms with Gasteiger partial charge in [0.25, 0.3) is 5.91 Å². The molecule has 2 atom stereocenters. The van der Waals surface area contributed by atoms with Crippen LogP contribution in [-0.4, -0.2) is 76.0 Å². The first-order valence-corrected chi connectivity index (χ1v) is 12.0. The Morgan fingerprint density at radius 1 is 1.16 bits per heavy atom. The fraction of sp³-hybridized carbons (Fsp3) is 0.333. The molecule has 190 valence electrons. The maximum absolute atomic E-state index is 13.4. The van der Waals surface area contributed by atoms with E-state index >= 15 is 0 Å². The van der Waals surface area contributed by atoms with Crippen molar-refractivity contribution in [3.05, 3.63) is 65.6 Å². The minimum absolute atomic E-state index is 0.00193.